The maximum absolute atomic E-state index is 12.3. The number of benzene rings is 1. The number of pyridine rings is 1. The Hall–Kier alpha value is -2.40. The molecule has 2 rings (SSSR count). The van der Waals surface area contributed by atoms with Crippen molar-refractivity contribution in [1.29, 1.82) is 0 Å². The average Bonchev–Trinajstić information content (AvgIpc) is 2.37. The van der Waals surface area contributed by atoms with Gasteiger partial charge in [0.1, 0.15) is 0 Å². The summed E-state index contributed by atoms with van der Waals surface area (Å²) >= 11 is 0. The monoisotopic (exact) mass is 270 g/mol. The van der Waals surface area contributed by atoms with E-state index in [0.29, 0.717) is 11.3 Å². The van der Waals surface area contributed by atoms with E-state index >= 15 is 0 Å². The summed E-state index contributed by atoms with van der Waals surface area (Å²) in [5.74, 6) is 5.20. The van der Waals surface area contributed by atoms with Crippen molar-refractivity contribution in [3.63, 3.8) is 0 Å². The standard InChI is InChI=1S/C15H18N4O/c1-9-4-10(2)6-12(5-9)18-15(20)13-8-17-11(3)7-14(13)19-16/h4-8H,16H2,1-3H3,(H,17,19)(H,18,20). The summed E-state index contributed by atoms with van der Waals surface area (Å²) < 4.78 is 0. The van der Waals surface area contributed by atoms with E-state index < -0.39 is 0 Å². The van der Waals surface area contributed by atoms with Crippen molar-refractivity contribution < 1.29 is 4.79 Å². The van der Waals surface area contributed by atoms with Gasteiger partial charge in [-0.1, -0.05) is 6.07 Å². The molecule has 1 amide bonds. The number of hydrazine groups is 1. The van der Waals surface area contributed by atoms with Crippen molar-refractivity contribution in [3.8, 4) is 0 Å². The molecule has 4 N–H and O–H groups in total. The van der Waals surface area contributed by atoms with E-state index in [9.17, 15) is 4.79 Å². The number of anilines is 2. The predicted molar refractivity (Wildman–Crippen MR) is 80.7 cm³/mol. The molecule has 0 radical (unpaired) electrons. The molecule has 1 heterocycles. The lowest BCUT2D eigenvalue weighted by molar-refractivity contribution is 0.102. The van der Waals surface area contributed by atoms with Crippen LogP contribution in [0.25, 0.3) is 0 Å². The van der Waals surface area contributed by atoms with E-state index in [1.807, 2.05) is 32.9 Å². The highest BCUT2D eigenvalue weighted by molar-refractivity contribution is 6.07. The minimum atomic E-state index is -0.240. The molecule has 0 saturated heterocycles. The average molecular weight is 270 g/mol. The lowest BCUT2D eigenvalue weighted by Gasteiger charge is -2.11. The molecular weight excluding hydrogens is 252 g/mol. The molecule has 0 aliphatic rings. The fourth-order valence-corrected chi connectivity index (χ4v) is 2.11. The topological polar surface area (TPSA) is 80.0 Å². The Bertz CT molecular complexity index is 632. The first-order chi connectivity index (χ1) is 9.49. The molecule has 0 atom stereocenters. The second-order valence-electron chi connectivity index (χ2n) is 4.85. The maximum Gasteiger partial charge on any atom is 0.259 e. The highest BCUT2D eigenvalue weighted by Crippen LogP contribution is 2.18. The molecule has 2 aromatic rings. The smallest absolute Gasteiger partial charge is 0.259 e. The van der Waals surface area contributed by atoms with Crippen LogP contribution in [0.4, 0.5) is 11.4 Å². The van der Waals surface area contributed by atoms with Crippen LogP contribution in [-0.4, -0.2) is 10.9 Å². The molecule has 1 aromatic heterocycles. The Morgan fingerprint density at radius 3 is 2.35 bits per heavy atom. The zero-order valence-electron chi connectivity index (χ0n) is 11.8. The number of hydrogen-bond donors (Lipinski definition) is 3. The van der Waals surface area contributed by atoms with E-state index in [-0.39, 0.29) is 5.91 Å². The molecule has 104 valence electrons. The summed E-state index contributed by atoms with van der Waals surface area (Å²) in [5.41, 5.74) is 7.24. The molecule has 1 aromatic carbocycles. The number of nitrogens with zero attached hydrogens (tertiary/aromatic N) is 1. The van der Waals surface area contributed by atoms with Crippen LogP contribution < -0.4 is 16.6 Å². The van der Waals surface area contributed by atoms with Crippen molar-refractivity contribution in [2.75, 3.05) is 10.7 Å². The number of rotatable bonds is 3. The first kappa shape index (κ1) is 14.0. The van der Waals surface area contributed by atoms with Gasteiger partial charge < -0.3 is 10.7 Å². The fraction of sp³-hybridized carbons (Fsp3) is 0.200. The van der Waals surface area contributed by atoms with Crippen LogP contribution in [0.1, 0.15) is 27.2 Å². The van der Waals surface area contributed by atoms with Crippen molar-refractivity contribution in [1.82, 2.24) is 4.98 Å². The highest BCUT2D eigenvalue weighted by Gasteiger charge is 2.12. The molecule has 20 heavy (non-hydrogen) atoms. The lowest BCUT2D eigenvalue weighted by Crippen LogP contribution is -2.18. The maximum atomic E-state index is 12.3. The summed E-state index contributed by atoms with van der Waals surface area (Å²) in [6.45, 7) is 5.82. The van der Waals surface area contributed by atoms with Crippen molar-refractivity contribution in [3.05, 3.63) is 52.8 Å². The van der Waals surface area contributed by atoms with Crippen molar-refractivity contribution in [2.45, 2.75) is 20.8 Å². The van der Waals surface area contributed by atoms with E-state index in [2.05, 4.69) is 21.8 Å². The number of carbonyl (C=O) groups excluding carboxylic acids is 1. The summed E-state index contributed by atoms with van der Waals surface area (Å²) in [6, 6.07) is 7.62. The SMILES string of the molecule is Cc1cc(C)cc(NC(=O)c2cnc(C)cc2NN)c1. The summed E-state index contributed by atoms with van der Waals surface area (Å²) in [4.78, 5) is 16.4. The number of amides is 1. The van der Waals surface area contributed by atoms with Gasteiger partial charge in [-0.15, -0.1) is 0 Å². The minimum Gasteiger partial charge on any atom is -0.323 e. The fourth-order valence-electron chi connectivity index (χ4n) is 2.11. The quantitative estimate of drug-likeness (QED) is 0.591. The van der Waals surface area contributed by atoms with Crippen molar-refractivity contribution in [2.24, 2.45) is 5.84 Å². The Labute approximate surface area is 118 Å². The Balaban J connectivity index is 2.28. The van der Waals surface area contributed by atoms with Gasteiger partial charge in [0.25, 0.3) is 5.91 Å². The number of nitrogens with two attached hydrogens (primary N) is 1. The summed E-state index contributed by atoms with van der Waals surface area (Å²) in [5, 5.41) is 2.86. The Kier molecular flexibility index (Phi) is 4.00. The molecule has 5 heteroatoms. The zero-order valence-corrected chi connectivity index (χ0v) is 11.8. The van der Waals surface area contributed by atoms with Gasteiger partial charge in [-0.3, -0.25) is 15.6 Å². The van der Waals surface area contributed by atoms with Crippen LogP contribution in [0, 0.1) is 20.8 Å². The number of nitrogen functional groups attached to an aromatic ring is 1. The number of nitrogens with one attached hydrogen (secondary N) is 2. The molecular formula is C15H18N4O. The van der Waals surface area contributed by atoms with Gasteiger partial charge in [-0.05, 0) is 50.1 Å². The molecule has 0 unspecified atom stereocenters. The summed E-state index contributed by atoms with van der Waals surface area (Å²) in [7, 11) is 0. The minimum absolute atomic E-state index is 0.240. The molecule has 0 aliphatic heterocycles. The summed E-state index contributed by atoms with van der Waals surface area (Å²) in [6.07, 6.45) is 1.52. The van der Waals surface area contributed by atoms with Gasteiger partial charge in [0, 0.05) is 17.6 Å². The zero-order chi connectivity index (χ0) is 14.7. The van der Waals surface area contributed by atoms with Crippen LogP contribution in [0.5, 0.6) is 0 Å². The van der Waals surface area contributed by atoms with Gasteiger partial charge in [0.2, 0.25) is 0 Å². The van der Waals surface area contributed by atoms with Crippen LogP contribution in [0.3, 0.4) is 0 Å². The van der Waals surface area contributed by atoms with Crippen LogP contribution >= 0.6 is 0 Å². The van der Waals surface area contributed by atoms with Crippen LogP contribution in [0.15, 0.2) is 30.5 Å². The third-order valence-electron chi connectivity index (χ3n) is 2.92. The number of hydrogen-bond acceptors (Lipinski definition) is 4. The van der Waals surface area contributed by atoms with Gasteiger partial charge in [0.15, 0.2) is 0 Å². The van der Waals surface area contributed by atoms with Crippen LogP contribution in [-0.2, 0) is 0 Å². The van der Waals surface area contributed by atoms with Gasteiger partial charge >= 0.3 is 0 Å². The van der Waals surface area contributed by atoms with E-state index in [1.165, 1.54) is 6.20 Å². The third-order valence-corrected chi connectivity index (χ3v) is 2.92. The Morgan fingerprint density at radius 1 is 1.10 bits per heavy atom. The number of aromatic nitrogens is 1. The van der Waals surface area contributed by atoms with Gasteiger partial charge in [-0.25, -0.2) is 0 Å². The van der Waals surface area contributed by atoms with Gasteiger partial charge in [0.05, 0.1) is 11.3 Å². The molecule has 0 spiro atoms. The third kappa shape index (κ3) is 3.13. The largest absolute Gasteiger partial charge is 0.323 e. The van der Waals surface area contributed by atoms with Crippen LogP contribution in [0.2, 0.25) is 0 Å². The Morgan fingerprint density at radius 2 is 1.75 bits per heavy atom. The molecule has 5 nitrogen and oxygen atoms in total. The van der Waals surface area contributed by atoms with Gasteiger partial charge in [-0.2, -0.15) is 0 Å². The molecule has 0 aliphatic carbocycles. The molecule has 0 saturated carbocycles. The van der Waals surface area contributed by atoms with Crippen molar-refractivity contribution >= 4 is 17.3 Å². The second kappa shape index (κ2) is 5.71. The number of carbonyl (C=O) groups is 1. The first-order valence-corrected chi connectivity index (χ1v) is 6.32. The molecule has 0 bridgehead atoms. The van der Waals surface area contributed by atoms with E-state index in [4.69, 9.17) is 5.84 Å². The lowest BCUT2D eigenvalue weighted by atomic mass is 10.1. The predicted octanol–water partition coefficient (Wildman–Crippen LogP) is 2.54. The number of aryl methyl sites for hydroxylation is 3. The highest BCUT2D eigenvalue weighted by atomic mass is 16.1. The van der Waals surface area contributed by atoms with E-state index in [1.54, 1.807) is 6.07 Å². The normalized spacial score (nSPS) is 10.2. The molecule has 0 fully saturated rings. The first-order valence-electron chi connectivity index (χ1n) is 6.32. The van der Waals surface area contributed by atoms with E-state index in [0.717, 1.165) is 22.5 Å². The second-order valence-corrected chi connectivity index (χ2v) is 4.85.